The average Bonchev–Trinajstić information content (AvgIpc) is 3.13. The maximum atomic E-state index is 13.1. The van der Waals surface area contributed by atoms with Gasteiger partial charge in [0.1, 0.15) is 11.6 Å². The number of halogens is 3. The zero-order chi connectivity index (χ0) is 22.4. The largest absolute Gasteiger partial charge is 0.497 e. The predicted octanol–water partition coefficient (Wildman–Crippen LogP) is 4.65. The summed E-state index contributed by atoms with van der Waals surface area (Å²) < 4.78 is 46.3. The van der Waals surface area contributed by atoms with Crippen LogP contribution in [0.3, 0.4) is 0 Å². The van der Waals surface area contributed by atoms with E-state index >= 15 is 0 Å². The third-order valence-electron chi connectivity index (χ3n) is 4.47. The molecule has 0 spiro atoms. The lowest BCUT2D eigenvalue weighted by molar-refractivity contribution is -0.137. The van der Waals surface area contributed by atoms with Crippen molar-refractivity contribution in [3.63, 3.8) is 0 Å². The monoisotopic (exact) mass is 450 g/mol. The van der Waals surface area contributed by atoms with Crippen molar-refractivity contribution in [1.29, 1.82) is 0 Å². The van der Waals surface area contributed by atoms with Crippen LogP contribution in [0.25, 0.3) is 0 Å². The summed E-state index contributed by atoms with van der Waals surface area (Å²) in [5, 5.41) is 11.2. The first-order valence-corrected chi connectivity index (χ1v) is 10.4. The lowest BCUT2D eigenvalue weighted by Crippen LogP contribution is -2.18. The number of methoxy groups -OCH3 is 1. The number of benzene rings is 2. The van der Waals surface area contributed by atoms with Crippen LogP contribution in [-0.2, 0) is 23.9 Å². The number of carbonyl (C=O) groups excluding carboxylic acids is 1. The Balaban J connectivity index is 1.65. The maximum absolute atomic E-state index is 13.1. The summed E-state index contributed by atoms with van der Waals surface area (Å²) in [4.78, 5) is 12.3. The summed E-state index contributed by atoms with van der Waals surface area (Å²) in [6.45, 7) is 2.53. The molecule has 0 aliphatic heterocycles. The molecule has 1 aromatic heterocycles. The quantitative estimate of drug-likeness (QED) is 0.506. The third-order valence-corrected chi connectivity index (χ3v) is 5.44. The first-order valence-electron chi connectivity index (χ1n) is 9.45. The molecule has 0 bridgehead atoms. The number of thioether (sulfide) groups is 1. The first kappa shape index (κ1) is 22.7. The molecular weight excluding hydrogens is 429 g/mol. The molecule has 6 nitrogen and oxygen atoms in total. The van der Waals surface area contributed by atoms with E-state index in [0.29, 0.717) is 18.1 Å². The minimum atomic E-state index is -4.55. The molecule has 10 heteroatoms. The minimum absolute atomic E-state index is 0.0904. The highest BCUT2D eigenvalue weighted by Crippen LogP contribution is 2.34. The number of hydrogen-bond acceptors (Lipinski definition) is 5. The highest BCUT2D eigenvalue weighted by Gasteiger charge is 2.33. The number of hydrogen-bond donors (Lipinski definition) is 1. The van der Waals surface area contributed by atoms with E-state index < -0.39 is 17.6 Å². The van der Waals surface area contributed by atoms with Crippen molar-refractivity contribution in [2.45, 2.75) is 31.2 Å². The highest BCUT2D eigenvalue weighted by atomic mass is 32.2. The van der Waals surface area contributed by atoms with Crippen LogP contribution in [0.4, 0.5) is 18.9 Å². The third kappa shape index (κ3) is 5.78. The molecule has 1 N–H and O–H groups in total. The molecule has 0 saturated heterocycles. The molecule has 0 saturated carbocycles. The topological polar surface area (TPSA) is 69.0 Å². The zero-order valence-corrected chi connectivity index (χ0v) is 17.8. The standard InChI is InChI=1S/C21H21F3N4O2S/c1-3-28-18(12-14-8-10-15(30-2)11-9-14)26-27-20(28)31-13-19(29)25-17-7-5-4-6-16(17)21(22,23)24/h4-11H,3,12-13H2,1-2H3,(H,25,29). The van der Waals surface area contributed by atoms with Gasteiger partial charge in [0.05, 0.1) is 24.1 Å². The molecule has 0 radical (unpaired) electrons. The van der Waals surface area contributed by atoms with Crippen molar-refractivity contribution < 1.29 is 22.7 Å². The van der Waals surface area contributed by atoms with Gasteiger partial charge < -0.3 is 14.6 Å². The normalized spacial score (nSPS) is 11.4. The molecule has 31 heavy (non-hydrogen) atoms. The molecule has 164 valence electrons. The Morgan fingerprint density at radius 2 is 1.84 bits per heavy atom. The van der Waals surface area contributed by atoms with E-state index in [0.717, 1.165) is 35.0 Å². The molecule has 0 aliphatic rings. The Kier molecular flexibility index (Phi) is 7.21. The van der Waals surface area contributed by atoms with E-state index in [2.05, 4.69) is 15.5 Å². The number of ether oxygens (including phenoxy) is 1. The second kappa shape index (κ2) is 9.86. The molecule has 0 aliphatic carbocycles. The van der Waals surface area contributed by atoms with Crippen LogP contribution in [0.5, 0.6) is 5.75 Å². The zero-order valence-electron chi connectivity index (χ0n) is 16.9. The maximum Gasteiger partial charge on any atom is 0.418 e. The lowest BCUT2D eigenvalue weighted by atomic mass is 10.1. The Bertz CT molecular complexity index is 1040. The number of nitrogens with zero attached hydrogens (tertiary/aromatic N) is 3. The van der Waals surface area contributed by atoms with Gasteiger partial charge in [0.15, 0.2) is 5.16 Å². The van der Waals surface area contributed by atoms with Gasteiger partial charge in [-0.1, -0.05) is 36.0 Å². The molecule has 3 aromatic rings. The van der Waals surface area contributed by atoms with Crippen molar-refractivity contribution in [3.8, 4) is 5.75 Å². The van der Waals surface area contributed by atoms with Crippen LogP contribution >= 0.6 is 11.8 Å². The molecule has 0 atom stereocenters. The van der Waals surface area contributed by atoms with Crippen LogP contribution in [0, 0.1) is 0 Å². The van der Waals surface area contributed by atoms with Gasteiger partial charge in [0.25, 0.3) is 0 Å². The van der Waals surface area contributed by atoms with Crippen molar-refractivity contribution >= 4 is 23.4 Å². The van der Waals surface area contributed by atoms with Gasteiger partial charge in [-0.3, -0.25) is 4.79 Å². The molecule has 0 fully saturated rings. The molecule has 1 heterocycles. The van der Waals surface area contributed by atoms with Crippen molar-refractivity contribution in [2.24, 2.45) is 0 Å². The van der Waals surface area contributed by atoms with Gasteiger partial charge in [-0.15, -0.1) is 10.2 Å². The van der Waals surface area contributed by atoms with E-state index in [-0.39, 0.29) is 11.4 Å². The fraction of sp³-hybridized carbons (Fsp3) is 0.286. The van der Waals surface area contributed by atoms with Gasteiger partial charge in [0.2, 0.25) is 5.91 Å². The number of rotatable bonds is 8. The molecule has 2 aromatic carbocycles. The Labute approximate surface area is 181 Å². The predicted molar refractivity (Wildman–Crippen MR) is 112 cm³/mol. The van der Waals surface area contributed by atoms with E-state index in [9.17, 15) is 18.0 Å². The Morgan fingerprint density at radius 1 is 1.13 bits per heavy atom. The second-order valence-corrected chi connectivity index (χ2v) is 7.49. The lowest BCUT2D eigenvalue weighted by Gasteiger charge is -2.13. The summed E-state index contributed by atoms with van der Waals surface area (Å²) in [7, 11) is 1.60. The molecular formula is C21H21F3N4O2S. The summed E-state index contributed by atoms with van der Waals surface area (Å²) in [5.41, 5.74) is -0.120. The minimum Gasteiger partial charge on any atom is -0.497 e. The fourth-order valence-electron chi connectivity index (χ4n) is 2.96. The van der Waals surface area contributed by atoms with E-state index in [1.807, 2.05) is 35.8 Å². The number of anilines is 1. The summed E-state index contributed by atoms with van der Waals surface area (Å²) in [6, 6.07) is 12.5. The van der Waals surface area contributed by atoms with E-state index in [1.165, 1.54) is 18.2 Å². The van der Waals surface area contributed by atoms with E-state index in [4.69, 9.17) is 4.74 Å². The number of aromatic nitrogens is 3. The fourth-order valence-corrected chi connectivity index (χ4v) is 3.78. The summed E-state index contributed by atoms with van der Waals surface area (Å²) >= 11 is 1.13. The summed E-state index contributed by atoms with van der Waals surface area (Å²) in [6.07, 6.45) is -3.99. The molecule has 1 amide bonds. The SMILES string of the molecule is CCn1c(Cc2ccc(OC)cc2)nnc1SCC(=O)Nc1ccccc1C(F)(F)F. The van der Waals surface area contributed by atoms with Crippen LogP contribution in [0.2, 0.25) is 0 Å². The second-order valence-electron chi connectivity index (χ2n) is 6.55. The van der Waals surface area contributed by atoms with Gasteiger partial charge in [-0.05, 0) is 36.8 Å². The Hall–Kier alpha value is -3.01. The van der Waals surface area contributed by atoms with Gasteiger partial charge in [0, 0.05) is 13.0 Å². The molecule has 0 unspecified atom stereocenters. The van der Waals surface area contributed by atoms with Crippen molar-refractivity contribution in [2.75, 3.05) is 18.2 Å². The van der Waals surface area contributed by atoms with Gasteiger partial charge in [-0.2, -0.15) is 13.2 Å². The number of alkyl halides is 3. The van der Waals surface area contributed by atoms with Gasteiger partial charge in [-0.25, -0.2) is 0 Å². The average molecular weight is 450 g/mol. The number of amides is 1. The summed E-state index contributed by atoms with van der Waals surface area (Å²) in [5.74, 6) is 0.851. The smallest absolute Gasteiger partial charge is 0.418 e. The van der Waals surface area contributed by atoms with Crippen LogP contribution in [0.15, 0.2) is 53.7 Å². The van der Waals surface area contributed by atoms with Crippen molar-refractivity contribution in [3.05, 3.63) is 65.5 Å². The van der Waals surface area contributed by atoms with E-state index in [1.54, 1.807) is 7.11 Å². The number of nitrogens with one attached hydrogen (secondary N) is 1. The van der Waals surface area contributed by atoms with Crippen LogP contribution in [0.1, 0.15) is 23.9 Å². The van der Waals surface area contributed by atoms with Crippen LogP contribution < -0.4 is 10.1 Å². The van der Waals surface area contributed by atoms with Gasteiger partial charge >= 0.3 is 6.18 Å². The number of para-hydroxylation sites is 1. The number of carbonyl (C=O) groups is 1. The Morgan fingerprint density at radius 3 is 2.48 bits per heavy atom. The van der Waals surface area contributed by atoms with Crippen molar-refractivity contribution in [1.82, 2.24) is 14.8 Å². The first-order chi connectivity index (χ1) is 14.8. The highest BCUT2D eigenvalue weighted by molar-refractivity contribution is 7.99. The van der Waals surface area contributed by atoms with Crippen LogP contribution in [-0.4, -0.2) is 33.5 Å². The molecule has 3 rings (SSSR count).